The van der Waals surface area contributed by atoms with Gasteiger partial charge in [0.05, 0.1) is 16.0 Å². The second kappa shape index (κ2) is 6.55. The van der Waals surface area contributed by atoms with Gasteiger partial charge in [-0.3, -0.25) is 0 Å². The number of para-hydroxylation sites is 1. The van der Waals surface area contributed by atoms with Crippen LogP contribution in [0.15, 0.2) is 34.1 Å². The third-order valence-corrected chi connectivity index (χ3v) is 4.37. The van der Waals surface area contributed by atoms with Crippen molar-refractivity contribution in [2.75, 3.05) is 0 Å². The maximum atomic E-state index is 6.00. The molecule has 0 aliphatic rings. The smallest absolute Gasteiger partial charge is 0.150 e. The Morgan fingerprint density at radius 3 is 2.83 bits per heavy atom. The number of rotatable bonds is 5. The van der Waals surface area contributed by atoms with E-state index in [1.807, 2.05) is 29.6 Å². The molecule has 0 fully saturated rings. The Hall–Kier alpha value is -0.580. The molecule has 2 rings (SSSR count). The van der Waals surface area contributed by atoms with Gasteiger partial charge in [0.15, 0.2) is 0 Å². The monoisotopic (exact) mass is 345 g/mol. The van der Waals surface area contributed by atoms with E-state index in [-0.39, 0.29) is 6.10 Å². The number of hydrogen-bond donors (Lipinski definition) is 0. The number of aromatic nitrogens is 1. The van der Waals surface area contributed by atoms with E-state index in [0.29, 0.717) is 5.88 Å². The zero-order chi connectivity index (χ0) is 13.0. The van der Waals surface area contributed by atoms with Crippen LogP contribution in [0.5, 0.6) is 5.75 Å². The zero-order valence-corrected chi connectivity index (χ0v) is 13.1. The van der Waals surface area contributed by atoms with Gasteiger partial charge in [-0.2, -0.15) is 0 Å². The molecule has 0 saturated heterocycles. The molecule has 0 amide bonds. The minimum Gasteiger partial charge on any atom is -0.482 e. The normalized spacial score (nSPS) is 12.4. The molecule has 1 atom stereocenters. The van der Waals surface area contributed by atoms with Crippen LogP contribution in [-0.4, -0.2) is 4.98 Å². The topological polar surface area (TPSA) is 22.1 Å². The van der Waals surface area contributed by atoms with Crippen LogP contribution in [0.2, 0.25) is 0 Å². The molecule has 2 aromatic rings. The summed E-state index contributed by atoms with van der Waals surface area (Å²) in [6.45, 7) is 2.09. The summed E-state index contributed by atoms with van der Waals surface area (Å²) in [6, 6.07) is 7.84. The highest BCUT2D eigenvalue weighted by molar-refractivity contribution is 9.10. The van der Waals surface area contributed by atoms with Crippen LogP contribution >= 0.6 is 38.9 Å². The molecule has 96 valence electrons. The molecule has 5 heteroatoms. The lowest BCUT2D eigenvalue weighted by molar-refractivity contribution is 0.199. The molecule has 18 heavy (non-hydrogen) atoms. The van der Waals surface area contributed by atoms with E-state index in [4.69, 9.17) is 16.3 Å². The zero-order valence-electron chi connectivity index (χ0n) is 9.90. The summed E-state index contributed by atoms with van der Waals surface area (Å²) >= 11 is 10.8. The van der Waals surface area contributed by atoms with Crippen molar-refractivity contribution in [3.8, 4) is 5.75 Å². The summed E-state index contributed by atoms with van der Waals surface area (Å²) in [5.41, 5.74) is 0.908. The molecular formula is C13H13BrClNOS. The first kappa shape index (κ1) is 13.8. The summed E-state index contributed by atoms with van der Waals surface area (Å²) in [6.07, 6.45) is 0.849. The van der Waals surface area contributed by atoms with Gasteiger partial charge in [-0.15, -0.1) is 22.9 Å². The van der Waals surface area contributed by atoms with Gasteiger partial charge < -0.3 is 4.74 Å². The predicted octanol–water partition coefficient (Wildman–Crippen LogP) is 5.17. The van der Waals surface area contributed by atoms with Gasteiger partial charge in [-0.25, -0.2) is 4.98 Å². The van der Waals surface area contributed by atoms with E-state index in [0.717, 1.165) is 27.3 Å². The molecule has 0 N–H and O–H groups in total. The second-order valence-corrected chi connectivity index (χ2v) is 5.77. The van der Waals surface area contributed by atoms with Crippen molar-refractivity contribution in [2.24, 2.45) is 0 Å². The van der Waals surface area contributed by atoms with E-state index in [1.54, 1.807) is 11.3 Å². The van der Waals surface area contributed by atoms with Gasteiger partial charge in [0, 0.05) is 5.38 Å². The number of thiazole rings is 1. The van der Waals surface area contributed by atoms with E-state index < -0.39 is 0 Å². The fourth-order valence-electron chi connectivity index (χ4n) is 1.53. The molecule has 0 aliphatic heterocycles. The molecule has 0 radical (unpaired) electrons. The Morgan fingerprint density at radius 1 is 1.44 bits per heavy atom. The molecule has 0 saturated carbocycles. The van der Waals surface area contributed by atoms with Crippen LogP contribution in [0.25, 0.3) is 0 Å². The largest absolute Gasteiger partial charge is 0.482 e. The van der Waals surface area contributed by atoms with Crippen LogP contribution < -0.4 is 4.74 Å². The van der Waals surface area contributed by atoms with Crippen LogP contribution in [0.1, 0.15) is 30.2 Å². The van der Waals surface area contributed by atoms with Crippen molar-refractivity contribution in [2.45, 2.75) is 25.3 Å². The van der Waals surface area contributed by atoms with E-state index in [1.165, 1.54) is 0 Å². The average molecular weight is 347 g/mol. The number of alkyl halides is 1. The summed E-state index contributed by atoms with van der Waals surface area (Å²) in [7, 11) is 0. The summed E-state index contributed by atoms with van der Waals surface area (Å²) < 4.78 is 6.95. The quantitative estimate of drug-likeness (QED) is 0.696. The van der Waals surface area contributed by atoms with Gasteiger partial charge in [-0.05, 0) is 34.5 Å². The number of nitrogens with zero attached hydrogens (tertiary/aromatic N) is 1. The highest BCUT2D eigenvalue weighted by atomic mass is 79.9. The third kappa shape index (κ3) is 3.25. The average Bonchev–Trinajstić information content (AvgIpc) is 2.86. The summed E-state index contributed by atoms with van der Waals surface area (Å²) in [5, 5.41) is 2.96. The first-order chi connectivity index (χ1) is 8.74. The Morgan fingerprint density at radius 2 is 2.22 bits per heavy atom. The highest BCUT2D eigenvalue weighted by Gasteiger charge is 2.16. The maximum absolute atomic E-state index is 6.00. The first-order valence-corrected chi connectivity index (χ1v) is 7.86. The van der Waals surface area contributed by atoms with Gasteiger partial charge >= 0.3 is 0 Å². The molecular weight excluding hydrogens is 334 g/mol. The Kier molecular flexibility index (Phi) is 5.03. The summed E-state index contributed by atoms with van der Waals surface area (Å²) in [4.78, 5) is 4.47. The fourth-order valence-corrected chi connectivity index (χ4v) is 3.07. The van der Waals surface area contributed by atoms with Gasteiger partial charge in [-0.1, -0.05) is 19.1 Å². The minimum absolute atomic E-state index is 0.0225. The molecule has 2 nitrogen and oxygen atoms in total. The van der Waals surface area contributed by atoms with Crippen molar-refractivity contribution in [1.29, 1.82) is 0 Å². The van der Waals surface area contributed by atoms with Crippen LogP contribution in [-0.2, 0) is 5.88 Å². The van der Waals surface area contributed by atoms with Crippen LogP contribution in [0.4, 0.5) is 0 Å². The van der Waals surface area contributed by atoms with Crippen LogP contribution in [0, 0.1) is 0 Å². The predicted molar refractivity (Wildman–Crippen MR) is 79.5 cm³/mol. The Balaban J connectivity index is 2.17. The Bertz CT molecular complexity index is 517. The van der Waals surface area contributed by atoms with Crippen molar-refractivity contribution >= 4 is 38.9 Å². The number of hydrogen-bond acceptors (Lipinski definition) is 3. The lowest BCUT2D eigenvalue weighted by Gasteiger charge is -2.16. The SMILES string of the molecule is CCC(Oc1ccccc1Br)c1nc(CCl)cs1. The molecule has 1 heterocycles. The first-order valence-electron chi connectivity index (χ1n) is 5.66. The third-order valence-electron chi connectivity index (χ3n) is 2.46. The van der Waals surface area contributed by atoms with E-state index >= 15 is 0 Å². The van der Waals surface area contributed by atoms with E-state index in [9.17, 15) is 0 Å². The molecule has 1 aromatic heterocycles. The highest BCUT2D eigenvalue weighted by Crippen LogP contribution is 2.31. The summed E-state index contributed by atoms with van der Waals surface area (Å²) in [5.74, 6) is 1.29. The standard InChI is InChI=1S/C13H13BrClNOS/c1-2-11(13-16-9(7-15)8-18-13)17-12-6-4-3-5-10(12)14/h3-6,8,11H,2,7H2,1H3. The van der Waals surface area contributed by atoms with Gasteiger partial charge in [0.1, 0.15) is 16.9 Å². The number of benzene rings is 1. The van der Waals surface area contributed by atoms with Crippen LogP contribution in [0.3, 0.4) is 0 Å². The Labute approximate surface area is 124 Å². The van der Waals surface area contributed by atoms with Crippen molar-refractivity contribution in [3.63, 3.8) is 0 Å². The molecule has 0 spiro atoms. The lowest BCUT2D eigenvalue weighted by atomic mass is 10.3. The van der Waals surface area contributed by atoms with Crippen molar-refractivity contribution < 1.29 is 4.74 Å². The van der Waals surface area contributed by atoms with Crippen molar-refractivity contribution in [3.05, 3.63) is 44.8 Å². The number of halogens is 2. The lowest BCUT2D eigenvalue weighted by Crippen LogP contribution is -2.06. The van der Waals surface area contributed by atoms with Gasteiger partial charge in [0.2, 0.25) is 0 Å². The van der Waals surface area contributed by atoms with E-state index in [2.05, 4.69) is 27.8 Å². The number of ether oxygens (including phenoxy) is 1. The van der Waals surface area contributed by atoms with Crippen molar-refractivity contribution in [1.82, 2.24) is 4.98 Å². The maximum Gasteiger partial charge on any atom is 0.150 e. The minimum atomic E-state index is -0.0225. The van der Waals surface area contributed by atoms with Gasteiger partial charge in [0.25, 0.3) is 0 Å². The molecule has 0 bridgehead atoms. The molecule has 0 aliphatic carbocycles. The molecule has 1 unspecified atom stereocenters. The molecule has 1 aromatic carbocycles. The fraction of sp³-hybridized carbons (Fsp3) is 0.308. The second-order valence-electron chi connectivity index (χ2n) is 3.76.